The molecule has 0 amide bonds. The van der Waals surface area contributed by atoms with Gasteiger partial charge in [-0.1, -0.05) is 12.1 Å². The van der Waals surface area contributed by atoms with Gasteiger partial charge < -0.3 is 4.98 Å². The van der Waals surface area contributed by atoms with Gasteiger partial charge in [0, 0.05) is 12.8 Å². The summed E-state index contributed by atoms with van der Waals surface area (Å²) in [6.07, 6.45) is 3.54. The van der Waals surface area contributed by atoms with Gasteiger partial charge in [-0.05, 0) is 6.92 Å². The maximum atomic E-state index is 4.89. The van der Waals surface area contributed by atoms with Gasteiger partial charge in [0.1, 0.15) is 0 Å². The fourth-order valence-corrected chi connectivity index (χ4v) is 0.575. The molecule has 12 heavy (non-hydrogen) atoms. The fourth-order valence-electron chi connectivity index (χ4n) is 0.575. The van der Waals surface area contributed by atoms with Crippen molar-refractivity contribution in [3.05, 3.63) is 24.0 Å². The Morgan fingerprint density at radius 1 is 1.67 bits per heavy atom. The van der Waals surface area contributed by atoms with Gasteiger partial charge in [0.2, 0.25) is 0 Å². The van der Waals surface area contributed by atoms with Crippen LogP contribution < -0.4 is 4.98 Å². The Labute approximate surface area is 89.1 Å². The molecule has 66 valence electrons. The summed E-state index contributed by atoms with van der Waals surface area (Å²) in [5.41, 5.74) is 0.942. The van der Waals surface area contributed by atoms with E-state index in [0.29, 0.717) is 0 Å². The Kier molecular flexibility index (Phi) is 9.52. The zero-order chi connectivity index (χ0) is 9.23. The SMILES string of the molecule is CCN=Cc1ccc[n-]1.[Cl][Ti][Cl]. The van der Waals surface area contributed by atoms with Gasteiger partial charge in [-0.25, -0.2) is 0 Å². The van der Waals surface area contributed by atoms with Gasteiger partial charge >= 0.3 is 35.6 Å². The Morgan fingerprint density at radius 3 is 2.75 bits per heavy atom. The number of hydrogen-bond donors (Lipinski definition) is 0. The standard InChI is InChI=1S/C7H9N2.2ClH.Ti/c1-2-8-6-7-4-3-5-9-7;;;/h3-6H,2H2,1H3;2*1H;/q-1;;;+2/p-2. The van der Waals surface area contributed by atoms with Crippen molar-refractivity contribution in [2.75, 3.05) is 6.54 Å². The first-order valence-corrected chi connectivity index (χ1v) is 7.68. The molecule has 0 aliphatic heterocycles. The molecular weight excluding hydrogens is 231 g/mol. The monoisotopic (exact) mass is 239 g/mol. The van der Waals surface area contributed by atoms with E-state index in [1.54, 1.807) is 12.4 Å². The average Bonchev–Trinajstić information content (AvgIpc) is 2.54. The van der Waals surface area contributed by atoms with Crippen molar-refractivity contribution in [1.29, 1.82) is 0 Å². The first-order chi connectivity index (χ1) is 5.85. The van der Waals surface area contributed by atoms with Crippen LogP contribution in [-0.2, 0) is 17.0 Å². The summed E-state index contributed by atoms with van der Waals surface area (Å²) in [4.78, 5) is 8.03. The quantitative estimate of drug-likeness (QED) is 0.576. The van der Waals surface area contributed by atoms with Crippen molar-refractivity contribution >= 4 is 24.8 Å². The Balaban J connectivity index is 0.000000354. The van der Waals surface area contributed by atoms with Crippen LogP contribution in [-0.4, -0.2) is 12.8 Å². The van der Waals surface area contributed by atoms with Gasteiger partial charge in [-0.3, -0.25) is 4.99 Å². The van der Waals surface area contributed by atoms with E-state index in [1.807, 2.05) is 19.1 Å². The Hall–Kier alpha value is 0.244. The minimum absolute atomic E-state index is 0.556. The van der Waals surface area contributed by atoms with Crippen LogP contribution in [0.4, 0.5) is 0 Å². The van der Waals surface area contributed by atoms with Crippen LogP contribution in [0, 0.1) is 0 Å². The summed E-state index contributed by atoms with van der Waals surface area (Å²) < 4.78 is 0. The Bertz CT molecular complexity index is 199. The second-order valence-corrected chi connectivity index (χ2v) is 4.34. The van der Waals surface area contributed by atoms with Gasteiger partial charge in [0.05, 0.1) is 0 Å². The normalized spacial score (nSPS) is 9.25. The van der Waals surface area contributed by atoms with Crippen molar-refractivity contribution in [3.63, 3.8) is 0 Å². The molecule has 0 saturated carbocycles. The van der Waals surface area contributed by atoms with Crippen LogP contribution in [0.5, 0.6) is 0 Å². The van der Waals surface area contributed by atoms with Crippen LogP contribution in [0.1, 0.15) is 12.6 Å². The van der Waals surface area contributed by atoms with Crippen LogP contribution in [0.3, 0.4) is 0 Å². The van der Waals surface area contributed by atoms with Crippen LogP contribution in [0.25, 0.3) is 0 Å². The third-order valence-corrected chi connectivity index (χ3v) is 0.983. The summed E-state index contributed by atoms with van der Waals surface area (Å²) >= 11 is -0.556. The molecule has 1 rings (SSSR count). The predicted molar refractivity (Wildman–Crippen MR) is 49.6 cm³/mol. The van der Waals surface area contributed by atoms with E-state index < -0.39 is 17.0 Å². The molecule has 5 heteroatoms. The number of hydrogen-bond acceptors (Lipinski definition) is 1. The molecule has 0 N–H and O–H groups in total. The van der Waals surface area contributed by atoms with E-state index in [1.165, 1.54) is 0 Å². The molecule has 0 spiro atoms. The molecule has 0 radical (unpaired) electrons. The van der Waals surface area contributed by atoms with E-state index in [0.717, 1.165) is 12.2 Å². The number of halogens is 2. The molecule has 0 aliphatic carbocycles. The molecule has 0 bridgehead atoms. The van der Waals surface area contributed by atoms with Crippen LogP contribution in [0.2, 0.25) is 0 Å². The summed E-state index contributed by atoms with van der Waals surface area (Å²) in [5.74, 6) is 0. The molecular formula is C7H9Cl2N2Ti-. The van der Waals surface area contributed by atoms with Gasteiger partial charge in [-0.15, -0.1) is 5.69 Å². The first kappa shape index (κ1) is 12.2. The van der Waals surface area contributed by atoms with E-state index in [2.05, 4.69) is 9.98 Å². The van der Waals surface area contributed by atoms with E-state index >= 15 is 0 Å². The van der Waals surface area contributed by atoms with Crippen molar-refractivity contribution < 1.29 is 17.0 Å². The second-order valence-electron chi connectivity index (χ2n) is 1.76. The zero-order valence-electron chi connectivity index (χ0n) is 6.67. The minimum atomic E-state index is -0.556. The maximum absolute atomic E-state index is 4.89. The second kappa shape index (κ2) is 9.33. The number of rotatable bonds is 2. The van der Waals surface area contributed by atoms with Crippen molar-refractivity contribution in [3.8, 4) is 0 Å². The fraction of sp³-hybridized carbons (Fsp3) is 0.286. The van der Waals surface area contributed by atoms with Crippen LogP contribution >= 0.6 is 18.6 Å². The van der Waals surface area contributed by atoms with Gasteiger partial charge in [0.25, 0.3) is 0 Å². The third-order valence-electron chi connectivity index (χ3n) is 0.983. The summed E-state index contributed by atoms with van der Waals surface area (Å²) in [6.45, 7) is 2.83. The van der Waals surface area contributed by atoms with E-state index in [-0.39, 0.29) is 0 Å². The molecule has 0 aliphatic rings. The molecule has 2 nitrogen and oxygen atoms in total. The topological polar surface area (TPSA) is 26.5 Å². The van der Waals surface area contributed by atoms with Crippen molar-refractivity contribution in [1.82, 2.24) is 4.98 Å². The number of nitrogens with zero attached hydrogens (tertiary/aromatic N) is 2. The molecule has 0 fully saturated rings. The van der Waals surface area contributed by atoms with Gasteiger partial charge in [0.15, 0.2) is 0 Å². The molecule has 0 unspecified atom stereocenters. The number of aromatic nitrogens is 1. The number of aliphatic imine (C=N–C) groups is 1. The summed E-state index contributed by atoms with van der Waals surface area (Å²) in [7, 11) is 9.78. The molecule has 1 aromatic rings. The van der Waals surface area contributed by atoms with Gasteiger partial charge in [-0.2, -0.15) is 6.20 Å². The summed E-state index contributed by atoms with van der Waals surface area (Å²) in [6, 6.07) is 3.83. The molecule has 0 aromatic carbocycles. The first-order valence-electron chi connectivity index (χ1n) is 3.39. The predicted octanol–water partition coefficient (Wildman–Crippen LogP) is 2.46. The zero-order valence-corrected chi connectivity index (χ0v) is 9.74. The van der Waals surface area contributed by atoms with E-state index in [9.17, 15) is 0 Å². The molecule has 0 saturated heterocycles. The van der Waals surface area contributed by atoms with Crippen molar-refractivity contribution in [2.45, 2.75) is 6.92 Å². The average molecular weight is 240 g/mol. The van der Waals surface area contributed by atoms with Crippen molar-refractivity contribution in [2.24, 2.45) is 4.99 Å². The summed E-state index contributed by atoms with van der Waals surface area (Å²) in [5, 5.41) is 0. The van der Waals surface area contributed by atoms with Crippen LogP contribution in [0.15, 0.2) is 23.3 Å². The molecule has 1 heterocycles. The molecule has 1 aromatic heterocycles. The Morgan fingerprint density at radius 2 is 2.33 bits per heavy atom. The third kappa shape index (κ3) is 6.92. The molecule has 0 atom stereocenters. The van der Waals surface area contributed by atoms with E-state index in [4.69, 9.17) is 18.6 Å².